The van der Waals surface area contributed by atoms with Crippen molar-refractivity contribution in [2.75, 3.05) is 6.61 Å². The van der Waals surface area contributed by atoms with Crippen LogP contribution in [0.15, 0.2) is 0 Å². The third-order valence-corrected chi connectivity index (χ3v) is 1.81. The fourth-order valence-electron chi connectivity index (χ4n) is 0.999. The van der Waals surface area contributed by atoms with Crippen LogP contribution in [0.25, 0.3) is 0 Å². The second-order valence-corrected chi connectivity index (χ2v) is 3.45. The van der Waals surface area contributed by atoms with E-state index in [2.05, 4.69) is 5.32 Å². The Morgan fingerprint density at radius 1 is 1.36 bits per heavy atom. The lowest BCUT2D eigenvalue weighted by atomic mass is 10.0. The topological polar surface area (TPSA) is 86.6 Å². The van der Waals surface area contributed by atoms with E-state index >= 15 is 0 Å². The molecular weight excluding hydrogens is 186 g/mol. The van der Waals surface area contributed by atoms with Crippen molar-refractivity contribution < 1.29 is 19.8 Å². The van der Waals surface area contributed by atoms with Crippen LogP contribution in [0.2, 0.25) is 0 Å². The Bertz CT molecular complexity index is 203. The first-order valence-corrected chi connectivity index (χ1v) is 4.62. The second kappa shape index (κ2) is 6.37. The van der Waals surface area contributed by atoms with Crippen LogP contribution < -0.4 is 5.32 Å². The zero-order chi connectivity index (χ0) is 11.1. The molecule has 5 heteroatoms. The van der Waals surface area contributed by atoms with E-state index in [4.69, 9.17) is 10.2 Å². The standard InChI is InChI=1S/C9H17NO4/c1-6(2)8(9(13)14)10-7(12)4-3-5-11/h6,8,11H,3-5H2,1-2H3,(H,10,12)(H,13,14). The summed E-state index contributed by atoms with van der Waals surface area (Å²) in [4.78, 5) is 21.8. The molecule has 0 aliphatic rings. The highest BCUT2D eigenvalue weighted by molar-refractivity contribution is 5.83. The number of aliphatic hydroxyl groups excluding tert-OH is 1. The van der Waals surface area contributed by atoms with Crippen molar-refractivity contribution in [3.63, 3.8) is 0 Å². The van der Waals surface area contributed by atoms with E-state index in [1.54, 1.807) is 13.8 Å². The predicted octanol–water partition coefficient (Wildman–Crippen LogP) is -0.0157. The monoisotopic (exact) mass is 203 g/mol. The Hall–Kier alpha value is -1.10. The SMILES string of the molecule is CC(C)C(NC(=O)CCCO)C(=O)O. The van der Waals surface area contributed by atoms with Crippen molar-refractivity contribution >= 4 is 11.9 Å². The van der Waals surface area contributed by atoms with Crippen LogP contribution >= 0.6 is 0 Å². The highest BCUT2D eigenvalue weighted by Crippen LogP contribution is 2.02. The summed E-state index contributed by atoms with van der Waals surface area (Å²) in [7, 11) is 0. The lowest BCUT2D eigenvalue weighted by molar-refractivity contribution is -0.143. The fraction of sp³-hybridized carbons (Fsp3) is 0.778. The van der Waals surface area contributed by atoms with Gasteiger partial charge in [-0.1, -0.05) is 13.8 Å². The van der Waals surface area contributed by atoms with E-state index in [1.165, 1.54) is 0 Å². The molecule has 5 nitrogen and oxygen atoms in total. The van der Waals surface area contributed by atoms with E-state index in [-0.39, 0.29) is 24.9 Å². The third kappa shape index (κ3) is 4.81. The molecule has 0 radical (unpaired) electrons. The summed E-state index contributed by atoms with van der Waals surface area (Å²) < 4.78 is 0. The highest BCUT2D eigenvalue weighted by Gasteiger charge is 2.22. The van der Waals surface area contributed by atoms with Gasteiger partial charge in [-0.25, -0.2) is 4.79 Å². The minimum absolute atomic E-state index is 0.0627. The minimum atomic E-state index is -1.03. The molecule has 0 aromatic rings. The van der Waals surface area contributed by atoms with Gasteiger partial charge >= 0.3 is 5.97 Å². The second-order valence-electron chi connectivity index (χ2n) is 3.45. The number of nitrogens with one attached hydrogen (secondary N) is 1. The zero-order valence-electron chi connectivity index (χ0n) is 8.49. The van der Waals surface area contributed by atoms with Gasteiger partial charge < -0.3 is 15.5 Å². The molecule has 1 unspecified atom stereocenters. The number of rotatable bonds is 6. The maximum Gasteiger partial charge on any atom is 0.326 e. The van der Waals surface area contributed by atoms with Gasteiger partial charge in [0.05, 0.1) is 0 Å². The van der Waals surface area contributed by atoms with Gasteiger partial charge in [0.25, 0.3) is 0 Å². The van der Waals surface area contributed by atoms with E-state index in [1.807, 2.05) is 0 Å². The van der Waals surface area contributed by atoms with Crippen molar-refractivity contribution in [2.24, 2.45) is 5.92 Å². The minimum Gasteiger partial charge on any atom is -0.480 e. The van der Waals surface area contributed by atoms with E-state index in [9.17, 15) is 9.59 Å². The lowest BCUT2D eigenvalue weighted by Gasteiger charge is -2.17. The van der Waals surface area contributed by atoms with Crippen molar-refractivity contribution in [3.8, 4) is 0 Å². The third-order valence-electron chi connectivity index (χ3n) is 1.81. The largest absolute Gasteiger partial charge is 0.480 e. The van der Waals surface area contributed by atoms with Gasteiger partial charge in [0.15, 0.2) is 0 Å². The molecule has 0 heterocycles. The van der Waals surface area contributed by atoms with Gasteiger partial charge in [-0.3, -0.25) is 4.79 Å². The van der Waals surface area contributed by atoms with Gasteiger partial charge in [0.2, 0.25) is 5.91 Å². The molecule has 0 spiro atoms. The molecule has 0 saturated carbocycles. The maximum atomic E-state index is 11.1. The number of carboxylic acids is 1. The molecule has 0 fully saturated rings. The molecule has 82 valence electrons. The van der Waals surface area contributed by atoms with Gasteiger partial charge in [0.1, 0.15) is 6.04 Å². The predicted molar refractivity (Wildman–Crippen MR) is 50.7 cm³/mol. The average molecular weight is 203 g/mol. The molecule has 0 rings (SSSR count). The van der Waals surface area contributed by atoms with Gasteiger partial charge in [-0.2, -0.15) is 0 Å². The number of aliphatic carboxylic acids is 1. The van der Waals surface area contributed by atoms with Gasteiger partial charge in [-0.05, 0) is 12.3 Å². The smallest absolute Gasteiger partial charge is 0.326 e. The molecule has 0 aliphatic heterocycles. The highest BCUT2D eigenvalue weighted by atomic mass is 16.4. The fourth-order valence-corrected chi connectivity index (χ4v) is 0.999. The normalized spacial score (nSPS) is 12.6. The summed E-state index contributed by atoms with van der Waals surface area (Å²) in [5.74, 6) is -1.51. The molecule has 1 atom stereocenters. The maximum absolute atomic E-state index is 11.1. The van der Waals surface area contributed by atoms with Crippen LogP contribution in [0, 0.1) is 5.92 Å². The lowest BCUT2D eigenvalue weighted by Crippen LogP contribution is -2.44. The molecule has 0 bridgehead atoms. The summed E-state index contributed by atoms with van der Waals surface area (Å²) in [5, 5.41) is 19.6. The van der Waals surface area contributed by atoms with E-state index < -0.39 is 12.0 Å². The van der Waals surface area contributed by atoms with E-state index in [0.29, 0.717) is 6.42 Å². The summed E-state index contributed by atoms with van der Waals surface area (Å²) in [5.41, 5.74) is 0. The molecule has 0 aliphatic carbocycles. The number of amides is 1. The van der Waals surface area contributed by atoms with Crippen LogP contribution in [0.5, 0.6) is 0 Å². The molecule has 1 amide bonds. The number of aliphatic hydroxyl groups is 1. The summed E-state index contributed by atoms with van der Waals surface area (Å²) in [6, 6.07) is -0.846. The number of carbonyl (C=O) groups excluding carboxylic acids is 1. The molecule has 0 aromatic carbocycles. The molecule has 14 heavy (non-hydrogen) atoms. The summed E-state index contributed by atoms with van der Waals surface area (Å²) >= 11 is 0. The van der Waals surface area contributed by atoms with Crippen LogP contribution in [0.4, 0.5) is 0 Å². The molecule has 0 aromatic heterocycles. The Morgan fingerprint density at radius 2 is 1.93 bits per heavy atom. The first-order valence-electron chi connectivity index (χ1n) is 4.62. The number of carboxylic acid groups (broad SMARTS) is 1. The van der Waals surface area contributed by atoms with Crippen molar-refractivity contribution in [3.05, 3.63) is 0 Å². The average Bonchev–Trinajstić information content (AvgIpc) is 2.09. The van der Waals surface area contributed by atoms with Crippen molar-refractivity contribution in [2.45, 2.75) is 32.7 Å². The quantitative estimate of drug-likeness (QED) is 0.566. The number of carbonyl (C=O) groups is 2. The molecular formula is C9H17NO4. The number of hydrogen-bond donors (Lipinski definition) is 3. The first-order chi connectivity index (χ1) is 6.49. The first kappa shape index (κ1) is 12.9. The number of hydrogen-bond acceptors (Lipinski definition) is 3. The van der Waals surface area contributed by atoms with Crippen molar-refractivity contribution in [1.29, 1.82) is 0 Å². The summed E-state index contributed by atoms with van der Waals surface area (Å²) in [6.45, 7) is 3.39. The van der Waals surface area contributed by atoms with Crippen molar-refractivity contribution in [1.82, 2.24) is 5.32 Å². The Kier molecular flexibility index (Phi) is 5.87. The molecule has 0 saturated heterocycles. The van der Waals surface area contributed by atoms with Crippen LogP contribution in [0.3, 0.4) is 0 Å². The summed E-state index contributed by atoms with van der Waals surface area (Å²) in [6.07, 6.45) is 0.517. The molecule has 3 N–H and O–H groups in total. The Balaban J connectivity index is 4.04. The van der Waals surface area contributed by atoms with Crippen LogP contribution in [-0.4, -0.2) is 34.7 Å². The Morgan fingerprint density at radius 3 is 2.29 bits per heavy atom. The van der Waals surface area contributed by atoms with Crippen LogP contribution in [0.1, 0.15) is 26.7 Å². The zero-order valence-corrected chi connectivity index (χ0v) is 8.49. The van der Waals surface area contributed by atoms with Gasteiger partial charge in [0, 0.05) is 13.0 Å². The van der Waals surface area contributed by atoms with Crippen LogP contribution in [-0.2, 0) is 9.59 Å². The Labute approximate surface area is 83.1 Å². The van der Waals surface area contributed by atoms with E-state index in [0.717, 1.165) is 0 Å². The van der Waals surface area contributed by atoms with Gasteiger partial charge in [-0.15, -0.1) is 0 Å².